The summed E-state index contributed by atoms with van der Waals surface area (Å²) in [6.07, 6.45) is 0. The molecule has 2 rings (SSSR count). The molecule has 0 fully saturated rings. The number of benzene rings is 1. The van der Waals surface area contributed by atoms with Gasteiger partial charge in [0.2, 0.25) is 0 Å². The van der Waals surface area contributed by atoms with Gasteiger partial charge in [0.15, 0.2) is 0 Å². The summed E-state index contributed by atoms with van der Waals surface area (Å²) in [5.41, 5.74) is 1.25. The molecule has 0 saturated heterocycles. The Labute approximate surface area is 98.9 Å². The lowest BCUT2D eigenvalue weighted by atomic mass is 10.1. The Morgan fingerprint density at radius 1 is 1.35 bits per heavy atom. The molecule has 90 valence electrons. The predicted octanol–water partition coefficient (Wildman–Crippen LogP) is 0.142. The Bertz CT molecular complexity index is 605. The van der Waals surface area contributed by atoms with E-state index in [4.69, 9.17) is 9.88 Å². The number of methoxy groups -OCH3 is 1. The van der Waals surface area contributed by atoms with Crippen molar-refractivity contribution < 1.29 is 13.2 Å². The van der Waals surface area contributed by atoms with Gasteiger partial charge in [-0.05, 0) is 12.1 Å². The minimum atomic E-state index is -3.84. The third kappa shape index (κ3) is 2.34. The van der Waals surface area contributed by atoms with Crippen LogP contribution in [0.2, 0.25) is 0 Å². The van der Waals surface area contributed by atoms with Crippen LogP contribution in [-0.2, 0) is 10.0 Å². The topological polar surface area (TPSA) is 94.1 Å². The van der Waals surface area contributed by atoms with Gasteiger partial charge in [0.05, 0.1) is 19.4 Å². The molecule has 0 radical (unpaired) electrons. The summed E-state index contributed by atoms with van der Waals surface area (Å²) in [7, 11) is -2.30. The number of sulfonamides is 1. The predicted molar refractivity (Wildman–Crippen MR) is 64.9 cm³/mol. The molecular formula is C10H11N3O3S. The summed E-state index contributed by atoms with van der Waals surface area (Å²) in [5.74, 6) is 0.622. The molecule has 0 amide bonds. The van der Waals surface area contributed by atoms with Crippen LogP contribution in [-0.4, -0.2) is 33.0 Å². The molecule has 0 aliphatic carbocycles. The maximum atomic E-state index is 11.1. The Hall–Kier alpha value is -1.73. The van der Waals surface area contributed by atoms with Crippen LogP contribution >= 0.6 is 0 Å². The second-order valence-electron chi connectivity index (χ2n) is 3.40. The monoisotopic (exact) mass is 253 g/mol. The molecule has 0 atom stereocenters. The van der Waals surface area contributed by atoms with E-state index in [1.165, 1.54) is 7.11 Å². The van der Waals surface area contributed by atoms with Crippen LogP contribution in [0.5, 0.6) is 5.75 Å². The molecule has 7 heteroatoms. The maximum absolute atomic E-state index is 11.1. The first-order chi connectivity index (χ1) is 8.02. The lowest BCUT2D eigenvalue weighted by Gasteiger charge is -2.06. The largest absolute Gasteiger partial charge is 0.496 e. The van der Waals surface area contributed by atoms with E-state index < -0.39 is 10.0 Å². The standard InChI is InChI=1S/C10H11N3O3S/c1-16-9-5-3-2-4-7(9)8-6-12-10(13-8)17(11,14)15/h2-5H,6H2,1H3,(H2,11,14,15). The van der Waals surface area contributed by atoms with Crippen LogP contribution in [0, 0.1) is 0 Å². The number of hydrogen-bond acceptors (Lipinski definition) is 5. The molecule has 17 heavy (non-hydrogen) atoms. The van der Waals surface area contributed by atoms with Gasteiger partial charge in [-0.3, -0.25) is 0 Å². The highest BCUT2D eigenvalue weighted by Gasteiger charge is 2.22. The lowest BCUT2D eigenvalue weighted by molar-refractivity contribution is 0.414. The first-order valence-corrected chi connectivity index (χ1v) is 6.35. The van der Waals surface area contributed by atoms with Crippen molar-refractivity contribution in [1.29, 1.82) is 0 Å². The van der Waals surface area contributed by atoms with E-state index in [-0.39, 0.29) is 11.7 Å². The average molecular weight is 253 g/mol. The summed E-state index contributed by atoms with van der Waals surface area (Å²) in [6, 6.07) is 7.20. The van der Waals surface area contributed by atoms with Crippen molar-refractivity contribution in [3.8, 4) is 5.75 Å². The number of aliphatic imine (C=N–C) groups is 2. The van der Waals surface area contributed by atoms with Crippen LogP contribution < -0.4 is 9.88 Å². The molecule has 1 aliphatic heterocycles. The molecule has 0 spiro atoms. The van der Waals surface area contributed by atoms with Crippen LogP contribution in [0.3, 0.4) is 0 Å². The van der Waals surface area contributed by atoms with Crippen molar-refractivity contribution in [1.82, 2.24) is 0 Å². The number of nitrogens with zero attached hydrogens (tertiary/aromatic N) is 2. The summed E-state index contributed by atoms with van der Waals surface area (Å²) in [5, 5.41) is 4.62. The summed E-state index contributed by atoms with van der Waals surface area (Å²) >= 11 is 0. The van der Waals surface area contributed by atoms with Gasteiger partial charge in [0.25, 0.3) is 15.2 Å². The molecule has 0 aromatic heterocycles. The fourth-order valence-electron chi connectivity index (χ4n) is 1.51. The van der Waals surface area contributed by atoms with E-state index in [0.717, 1.165) is 5.56 Å². The average Bonchev–Trinajstić information content (AvgIpc) is 2.77. The SMILES string of the molecule is COc1ccccc1C1=NC(S(N)(=O)=O)=NC1. The van der Waals surface area contributed by atoms with Crippen molar-refractivity contribution >= 4 is 20.9 Å². The van der Waals surface area contributed by atoms with Gasteiger partial charge in [-0.15, -0.1) is 0 Å². The molecule has 1 aromatic carbocycles. The number of rotatable bonds is 2. The highest BCUT2D eigenvalue weighted by atomic mass is 32.2. The van der Waals surface area contributed by atoms with Gasteiger partial charge in [-0.25, -0.2) is 23.5 Å². The summed E-state index contributed by atoms with van der Waals surface area (Å²) in [4.78, 5) is 7.70. The normalized spacial score (nSPS) is 15.4. The third-order valence-electron chi connectivity index (χ3n) is 2.27. The first-order valence-electron chi connectivity index (χ1n) is 4.80. The van der Waals surface area contributed by atoms with E-state index in [0.29, 0.717) is 11.5 Å². The number of hydrogen-bond donors (Lipinski definition) is 1. The molecule has 0 unspecified atom stereocenters. The van der Waals surface area contributed by atoms with E-state index in [1.54, 1.807) is 12.1 Å². The Morgan fingerprint density at radius 2 is 2.06 bits per heavy atom. The first kappa shape index (κ1) is 11.7. The lowest BCUT2D eigenvalue weighted by Crippen LogP contribution is -2.20. The minimum Gasteiger partial charge on any atom is -0.496 e. The Balaban J connectivity index is 2.40. The second-order valence-corrected chi connectivity index (χ2v) is 4.86. The van der Waals surface area contributed by atoms with E-state index in [9.17, 15) is 8.42 Å². The third-order valence-corrected chi connectivity index (χ3v) is 3.00. The van der Waals surface area contributed by atoms with Gasteiger partial charge in [-0.2, -0.15) is 0 Å². The van der Waals surface area contributed by atoms with Crippen molar-refractivity contribution in [2.75, 3.05) is 13.7 Å². The zero-order valence-electron chi connectivity index (χ0n) is 9.12. The molecule has 6 nitrogen and oxygen atoms in total. The molecule has 2 N–H and O–H groups in total. The van der Waals surface area contributed by atoms with Gasteiger partial charge in [0.1, 0.15) is 5.75 Å². The zero-order valence-corrected chi connectivity index (χ0v) is 9.94. The summed E-state index contributed by atoms with van der Waals surface area (Å²) < 4.78 is 27.3. The maximum Gasteiger partial charge on any atom is 0.273 e. The van der Waals surface area contributed by atoms with E-state index in [1.807, 2.05) is 12.1 Å². The van der Waals surface area contributed by atoms with Crippen molar-refractivity contribution in [3.05, 3.63) is 29.8 Å². The Morgan fingerprint density at radius 3 is 2.65 bits per heavy atom. The minimum absolute atomic E-state index is 0.187. The number of ether oxygens (including phenoxy) is 1. The van der Waals surface area contributed by atoms with Crippen LogP contribution in [0.25, 0.3) is 0 Å². The van der Waals surface area contributed by atoms with Crippen molar-refractivity contribution in [2.45, 2.75) is 0 Å². The molecule has 1 aromatic rings. The molecular weight excluding hydrogens is 242 g/mol. The van der Waals surface area contributed by atoms with Gasteiger partial charge >= 0.3 is 0 Å². The second kappa shape index (κ2) is 4.27. The quantitative estimate of drug-likeness (QED) is 0.812. The molecule has 0 saturated carbocycles. The Kier molecular flexibility index (Phi) is 2.95. The van der Waals surface area contributed by atoms with Gasteiger partial charge in [0, 0.05) is 5.56 Å². The highest BCUT2D eigenvalue weighted by molar-refractivity contribution is 8.04. The fraction of sp³-hybridized carbons (Fsp3) is 0.200. The number of nitrogens with two attached hydrogens (primary N) is 1. The fourth-order valence-corrected chi connectivity index (χ4v) is 1.99. The zero-order chi connectivity index (χ0) is 12.5. The van der Waals surface area contributed by atoms with Crippen molar-refractivity contribution in [2.24, 2.45) is 15.1 Å². The molecule has 1 aliphatic rings. The van der Waals surface area contributed by atoms with E-state index >= 15 is 0 Å². The smallest absolute Gasteiger partial charge is 0.273 e. The number of amidine groups is 1. The van der Waals surface area contributed by atoms with Gasteiger partial charge < -0.3 is 4.74 Å². The molecule has 0 bridgehead atoms. The number of para-hydroxylation sites is 1. The van der Waals surface area contributed by atoms with E-state index in [2.05, 4.69) is 9.98 Å². The molecule has 1 heterocycles. The van der Waals surface area contributed by atoms with Crippen molar-refractivity contribution in [3.63, 3.8) is 0 Å². The van der Waals surface area contributed by atoms with Crippen LogP contribution in [0.15, 0.2) is 34.3 Å². The van der Waals surface area contributed by atoms with Crippen LogP contribution in [0.4, 0.5) is 0 Å². The van der Waals surface area contributed by atoms with Gasteiger partial charge in [-0.1, -0.05) is 12.1 Å². The van der Waals surface area contributed by atoms with Crippen LogP contribution in [0.1, 0.15) is 5.56 Å². The number of primary sulfonamides is 1. The highest BCUT2D eigenvalue weighted by Crippen LogP contribution is 2.20. The summed E-state index contributed by atoms with van der Waals surface area (Å²) in [6.45, 7) is 0.187.